The van der Waals surface area contributed by atoms with Crippen molar-refractivity contribution in [3.05, 3.63) is 24.3 Å². The summed E-state index contributed by atoms with van der Waals surface area (Å²) in [6.45, 7) is 1.11. The molecule has 3 N–H and O–H groups in total. The Morgan fingerprint density at radius 3 is 2.18 bits per heavy atom. The first-order valence-corrected chi connectivity index (χ1v) is 6.66. The van der Waals surface area contributed by atoms with E-state index in [4.69, 9.17) is 16.8 Å². The number of hydrogen-bond donors (Lipinski definition) is 3. The molecular weight excluding hydrogens is 262 g/mol. The maximum atomic E-state index is 10.9. The summed E-state index contributed by atoms with van der Waals surface area (Å²) in [7, 11) is -4.13. The van der Waals surface area contributed by atoms with Crippen molar-refractivity contribution in [3.8, 4) is 0 Å². The molecule has 1 heterocycles. The van der Waals surface area contributed by atoms with Crippen LogP contribution in [0.3, 0.4) is 0 Å². The van der Waals surface area contributed by atoms with Gasteiger partial charge in [-0.25, -0.2) is 0 Å². The largest absolute Gasteiger partial charge is 0.345 e. The van der Waals surface area contributed by atoms with E-state index in [1.165, 1.54) is 12.1 Å². The maximum absolute atomic E-state index is 10.9. The van der Waals surface area contributed by atoms with Crippen molar-refractivity contribution in [2.75, 3.05) is 18.2 Å². The Labute approximate surface area is 104 Å². The third-order valence-corrected chi connectivity index (χ3v) is 3.52. The second-order valence-corrected chi connectivity index (χ2v) is 5.34. The average molecular weight is 273 g/mol. The van der Waals surface area contributed by atoms with Gasteiger partial charge in [0.15, 0.2) is 5.11 Å². The topological polar surface area (TPSA) is 81.7 Å². The fraction of sp³-hybridized carbons (Fsp3) is 0.222. The number of benzene rings is 1. The van der Waals surface area contributed by atoms with Gasteiger partial charge < -0.3 is 15.5 Å². The third kappa shape index (κ3) is 2.84. The predicted octanol–water partition coefficient (Wildman–Crippen LogP) is 0.132. The second-order valence-electron chi connectivity index (χ2n) is 3.51. The number of thiocarbonyl (C=S) groups is 1. The molecule has 2 rings (SSSR count). The molecule has 0 atom stereocenters. The quantitative estimate of drug-likeness (QED) is 0.522. The van der Waals surface area contributed by atoms with Crippen LogP contribution in [-0.2, 0) is 10.1 Å². The van der Waals surface area contributed by atoms with Gasteiger partial charge in [-0.15, -0.1) is 0 Å². The molecule has 1 saturated heterocycles. The van der Waals surface area contributed by atoms with Gasteiger partial charge in [0, 0.05) is 5.69 Å². The zero-order valence-electron chi connectivity index (χ0n) is 8.75. The van der Waals surface area contributed by atoms with Crippen LogP contribution in [-0.4, -0.2) is 31.4 Å². The van der Waals surface area contributed by atoms with E-state index < -0.39 is 10.1 Å². The van der Waals surface area contributed by atoms with Gasteiger partial charge in [0.25, 0.3) is 10.1 Å². The van der Waals surface area contributed by atoms with Crippen LogP contribution >= 0.6 is 12.2 Å². The molecular formula is C9H11N3O3S2. The normalized spacial score (nSPS) is 16.3. The monoisotopic (exact) mass is 273 g/mol. The molecule has 8 heteroatoms. The number of hydrogen-bond acceptors (Lipinski definition) is 4. The number of nitrogens with one attached hydrogen (secondary N) is 2. The summed E-state index contributed by atoms with van der Waals surface area (Å²) < 4.78 is 30.6. The van der Waals surface area contributed by atoms with Crippen molar-refractivity contribution < 1.29 is 13.0 Å². The summed E-state index contributed by atoms with van der Waals surface area (Å²) in [4.78, 5) is 1.82. The molecule has 1 aromatic carbocycles. The summed E-state index contributed by atoms with van der Waals surface area (Å²) in [5.41, 5.74) is 0.833. The van der Waals surface area contributed by atoms with E-state index in [2.05, 4.69) is 10.6 Å². The highest BCUT2D eigenvalue weighted by Gasteiger charge is 2.14. The van der Waals surface area contributed by atoms with E-state index in [1.807, 2.05) is 4.90 Å². The van der Waals surface area contributed by atoms with Gasteiger partial charge in [0.1, 0.15) is 0 Å². The number of anilines is 1. The molecule has 0 amide bonds. The van der Waals surface area contributed by atoms with Crippen molar-refractivity contribution in [2.24, 2.45) is 0 Å². The lowest BCUT2D eigenvalue weighted by atomic mass is 10.3. The van der Waals surface area contributed by atoms with Gasteiger partial charge in [0.05, 0.1) is 18.2 Å². The molecule has 92 valence electrons. The third-order valence-electron chi connectivity index (χ3n) is 2.36. The van der Waals surface area contributed by atoms with Crippen molar-refractivity contribution in [2.45, 2.75) is 4.90 Å². The molecule has 1 aliphatic heterocycles. The Morgan fingerprint density at radius 2 is 1.71 bits per heavy atom. The number of nitrogens with zero attached hydrogens (tertiary/aromatic N) is 1. The first kappa shape index (κ1) is 12.1. The summed E-state index contributed by atoms with van der Waals surface area (Å²) in [6, 6.07) is 5.97. The molecule has 17 heavy (non-hydrogen) atoms. The lowest BCUT2D eigenvalue weighted by molar-refractivity contribution is 0.483. The molecule has 0 bridgehead atoms. The fourth-order valence-corrected chi connectivity index (χ4v) is 2.07. The van der Waals surface area contributed by atoms with E-state index in [9.17, 15) is 8.42 Å². The van der Waals surface area contributed by atoms with Gasteiger partial charge in [-0.1, -0.05) is 0 Å². The van der Waals surface area contributed by atoms with Gasteiger partial charge in [0.2, 0.25) is 0 Å². The smallest absolute Gasteiger partial charge is 0.294 e. The van der Waals surface area contributed by atoms with Gasteiger partial charge >= 0.3 is 0 Å². The maximum Gasteiger partial charge on any atom is 0.294 e. The molecule has 0 aliphatic carbocycles. The summed E-state index contributed by atoms with van der Waals surface area (Å²) in [5, 5.41) is 6.50. The fourth-order valence-electron chi connectivity index (χ4n) is 1.46. The molecule has 1 aliphatic rings. The van der Waals surface area contributed by atoms with Crippen molar-refractivity contribution >= 4 is 33.1 Å². The molecule has 0 unspecified atom stereocenters. The zero-order valence-corrected chi connectivity index (χ0v) is 10.4. The van der Waals surface area contributed by atoms with E-state index in [-0.39, 0.29) is 4.90 Å². The SMILES string of the molecule is O=S(=O)(O)c1ccc(N2CNC(=S)NC2)cc1. The highest BCUT2D eigenvalue weighted by Crippen LogP contribution is 2.17. The second kappa shape index (κ2) is 4.47. The average Bonchev–Trinajstić information content (AvgIpc) is 2.29. The lowest BCUT2D eigenvalue weighted by Gasteiger charge is -2.31. The van der Waals surface area contributed by atoms with Crippen molar-refractivity contribution in [1.29, 1.82) is 0 Å². The van der Waals surface area contributed by atoms with Crippen LogP contribution in [0.2, 0.25) is 0 Å². The Bertz CT molecular complexity index is 517. The first-order valence-electron chi connectivity index (χ1n) is 4.81. The number of rotatable bonds is 2. The van der Waals surface area contributed by atoms with Gasteiger partial charge in [-0.3, -0.25) is 4.55 Å². The van der Waals surface area contributed by atoms with Crippen molar-refractivity contribution in [3.63, 3.8) is 0 Å². The minimum Gasteiger partial charge on any atom is -0.345 e. The van der Waals surface area contributed by atoms with Crippen LogP contribution in [0.25, 0.3) is 0 Å². The Kier molecular flexibility index (Phi) is 3.18. The molecule has 1 aromatic rings. The molecule has 0 spiro atoms. The summed E-state index contributed by atoms with van der Waals surface area (Å²) in [6.07, 6.45) is 0. The molecule has 0 saturated carbocycles. The zero-order chi connectivity index (χ0) is 12.5. The first-order chi connectivity index (χ1) is 7.97. The summed E-state index contributed by atoms with van der Waals surface area (Å²) >= 11 is 4.92. The van der Waals surface area contributed by atoms with E-state index in [1.54, 1.807) is 12.1 Å². The lowest BCUT2D eigenvalue weighted by Crippen LogP contribution is -2.54. The van der Waals surface area contributed by atoms with Crippen LogP contribution in [0, 0.1) is 0 Å². The minimum atomic E-state index is -4.13. The Hall–Kier alpha value is -1.38. The molecule has 6 nitrogen and oxygen atoms in total. The van der Waals surface area contributed by atoms with Crippen LogP contribution in [0.1, 0.15) is 0 Å². The van der Waals surface area contributed by atoms with Gasteiger partial charge in [-0.05, 0) is 36.5 Å². The Morgan fingerprint density at radius 1 is 1.18 bits per heavy atom. The standard InChI is InChI=1S/C9H11N3O3S2/c13-17(14,15)8-3-1-7(2-4-8)12-5-10-9(16)11-6-12/h1-4H,5-6H2,(H2,10,11,16)(H,13,14,15). The minimum absolute atomic E-state index is 0.116. The van der Waals surface area contributed by atoms with Crippen LogP contribution in [0.5, 0.6) is 0 Å². The molecule has 0 radical (unpaired) electrons. The van der Waals surface area contributed by atoms with E-state index in [0.29, 0.717) is 18.4 Å². The van der Waals surface area contributed by atoms with Crippen LogP contribution in [0.4, 0.5) is 5.69 Å². The molecule has 1 fully saturated rings. The van der Waals surface area contributed by atoms with Gasteiger partial charge in [-0.2, -0.15) is 8.42 Å². The summed E-state index contributed by atoms with van der Waals surface area (Å²) in [5.74, 6) is 0. The van der Waals surface area contributed by atoms with Crippen LogP contribution < -0.4 is 15.5 Å². The predicted molar refractivity (Wildman–Crippen MR) is 67.3 cm³/mol. The molecule has 0 aromatic heterocycles. The van der Waals surface area contributed by atoms with Crippen molar-refractivity contribution in [1.82, 2.24) is 10.6 Å². The van der Waals surface area contributed by atoms with E-state index in [0.717, 1.165) is 5.69 Å². The van der Waals surface area contributed by atoms with Crippen LogP contribution in [0.15, 0.2) is 29.2 Å². The Balaban J connectivity index is 2.16. The highest BCUT2D eigenvalue weighted by atomic mass is 32.2. The van der Waals surface area contributed by atoms with E-state index >= 15 is 0 Å². The highest BCUT2D eigenvalue weighted by molar-refractivity contribution is 7.85.